The summed E-state index contributed by atoms with van der Waals surface area (Å²) in [4.78, 5) is 17.6. The van der Waals surface area contributed by atoms with Crippen LogP contribution in [-0.4, -0.2) is 10.9 Å². The number of hydrogen-bond donors (Lipinski definition) is 1. The lowest BCUT2D eigenvalue weighted by atomic mass is 10.1. The Bertz CT molecular complexity index is 1090. The van der Waals surface area contributed by atoms with Crippen LogP contribution in [0.25, 0.3) is 11.0 Å². The summed E-state index contributed by atoms with van der Waals surface area (Å²) >= 11 is 1.34. The zero-order valence-corrected chi connectivity index (χ0v) is 14.1. The summed E-state index contributed by atoms with van der Waals surface area (Å²) in [6.45, 7) is 0. The van der Waals surface area contributed by atoms with Crippen LogP contribution in [0.1, 0.15) is 20.8 Å². The molecule has 0 saturated heterocycles. The van der Waals surface area contributed by atoms with Gasteiger partial charge in [-0.15, -0.1) is 11.3 Å². The minimum atomic E-state index is -0.427. The van der Waals surface area contributed by atoms with E-state index >= 15 is 0 Å². The van der Waals surface area contributed by atoms with Crippen LogP contribution in [-0.2, 0) is 6.42 Å². The lowest BCUT2D eigenvalue weighted by Gasteiger charge is -2.00. The second-order valence-electron chi connectivity index (χ2n) is 5.68. The van der Waals surface area contributed by atoms with Crippen LogP contribution in [0.5, 0.6) is 0 Å². The molecule has 2 aromatic heterocycles. The molecule has 2 heterocycles. The monoisotopic (exact) mass is 370 g/mol. The molecule has 0 saturated carbocycles. The van der Waals surface area contributed by atoms with Gasteiger partial charge in [0.05, 0.1) is 5.56 Å². The van der Waals surface area contributed by atoms with E-state index in [2.05, 4.69) is 10.3 Å². The van der Waals surface area contributed by atoms with E-state index in [1.54, 1.807) is 18.3 Å². The first kappa shape index (κ1) is 16.4. The lowest BCUT2D eigenvalue weighted by Crippen LogP contribution is -2.10. The van der Waals surface area contributed by atoms with Crippen molar-refractivity contribution in [2.24, 2.45) is 0 Å². The molecule has 2 aromatic carbocycles. The number of furan rings is 1. The molecule has 0 aliphatic carbocycles. The third kappa shape index (κ3) is 3.34. The number of nitrogens with zero attached hydrogens (tertiary/aromatic N) is 1. The Kier molecular flexibility index (Phi) is 4.22. The van der Waals surface area contributed by atoms with Gasteiger partial charge in [-0.3, -0.25) is 10.1 Å². The molecule has 0 atom stereocenters. The van der Waals surface area contributed by atoms with E-state index in [9.17, 15) is 13.6 Å². The summed E-state index contributed by atoms with van der Waals surface area (Å²) < 4.78 is 31.4. The van der Waals surface area contributed by atoms with Crippen LogP contribution >= 0.6 is 11.3 Å². The second kappa shape index (κ2) is 6.68. The minimum absolute atomic E-state index is 0.279. The van der Waals surface area contributed by atoms with Crippen molar-refractivity contribution in [3.05, 3.63) is 82.6 Å². The molecule has 7 heteroatoms. The van der Waals surface area contributed by atoms with Crippen LogP contribution < -0.4 is 5.32 Å². The van der Waals surface area contributed by atoms with Crippen LogP contribution in [0.4, 0.5) is 13.9 Å². The number of aromatic nitrogens is 1. The Balaban J connectivity index is 1.49. The molecule has 4 rings (SSSR count). The molecule has 0 spiro atoms. The molecule has 130 valence electrons. The van der Waals surface area contributed by atoms with Gasteiger partial charge in [0.1, 0.15) is 23.5 Å². The largest absolute Gasteiger partial charge is 0.463 e. The third-order valence-corrected chi connectivity index (χ3v) is 4.76. The third-order valence-electron chi connectivity index (χ3n) is 3.85. The molecule has 0 fully saturated rings. The van der Waals surface area contributed by atoms with Crippen molar-refractivity contribution in [1.29, 1.82) is 0 Å². The molecule has 1 amide bonds. The predicted octanol–water partition coefficient (Wildman–Crippen LogP) is 5.01. The Labute approximate surface area is 151 Å². The van der Waals surface area contributed by atoms with Crippen LogP contribution in [0.15, 0.2) is 59.3 Å². The zero-order chi connectivity index (χ0) is 18.1. The second-order valence-corrected chi connectivity index (χ2v) is 6.79. The van der Waals surface area contributed by atoms with E-state index < -0.39 is 5.82 Å². The van der Waals surface area contributed by atoms with Gasteiger partial charge in [0.2, 0.25) is 0 Å². The summed E-state index contributed by atoms with van der Waals surface area (Å²) in [7, 11) is 0. The molecule has 26 heavy (non-hydrogen) atoms. The molecular weight excluding hydrogens is 358 g/mol. The SMILES string of the molecule is O=C(Nc1ncc(Cc2ccc(F)cc2)s1)c1coc2cc(F)ccc12. The summed E-state index contributed by atoms with van der Waals surface area (Å²) in [5.41, 5.74) is 1.58. The normalized spacial score (nSPS) is 11.0. The van der Waals surface area contributed by atoms with Crippen molar-refractivity contribution in [2.75, 3.05) is 5.32 Å². The van der Waals surface area contributed by atoms with Gasteiger partial charge >= 0.3 is 0 Å². The summed E-state index contributed by atoms with van der Waals surface area (Å²) in [5, 5.41) is 3.70. The number of fused-ring (bicyclic) bond motifs is 1. The number of hydrogen-bond acceptors (Lipinski definition) is 4. The fourth-order valence-corrected chi connectivity index (χ4v) is 3.43. The first-order valence-electron chi connectivity index (χ1n) is 7.76. The zero-order valence-electron chi connectivity index (χ0n) is 13.3. The highest BCUT2D eigenvalue weighted by molar-refractivity contribution is 7.15. The number of anilines is 1. The van der Waals surface area contributed by atoms with Gasteiger partial charge in [0.15, 0.2) is 5.13 Å². The van der Waals surface area contributed by atoms with Gasteiger partial charge in [0.25, 0.3) is 5.91 Å². The van der Waals surface area contributed by atoms with E-state index in [-0.39, 0.29) is 11.7 Å². The van der Waals surface area contributed by atoms with Crippen LogP contribution in [0, 0.1) is 11.6 Å². The van der Waals surface area contributed by atoms with E-state index in [1.165, 1.54) is 47.9 Å². The quantitative estimate of drug-likeness (QED) is 0.549. The van der Waals surface area contributed by atoms with Crippen molar-refractivity contribution in [2.45, 2.75) is 6.42 Å². The molecule has 4 aromatic rings. The number of halogens is 2. The highest BCUT2D eigenvalue weighted by atomic mass is 32.1. The molecule has 1 N–H and O–H groups in total. The maximum atomic E-state index is 13.2. The molecule has 0 aliphatic rings. The Morgan fingerprint density at radius 1 is 1.12 bits per heavy atom. The van der Waals surface area contributed by atoms with Crippen molar-refractivity contribution in [1.82, 2.24) is 4.98 Å². The van der Waals surface area contributed by atoms with E-state index in [0.29, 0.717) is 28.1 Å². The van der Waals surface area contributed by atoms with Crippen molar-refractivity contribution >= 4 is 33.3 Å². The van der Waals surface area contributed by atoms with Crippen molar-refractivity contribution in [3.63, 3.8) is 0 Å². The minimum Gasteiger partial charge on any atom is -0.463 e. The fourth-order valence-electron chi connectivity index (χ4n) is 2.59. The van der Waals surface area contributed by atoms with E-state index in [1.807, 2.05) is 0 Å². The van der Waals surface area contributed by atoms with Crippen molar-refractivity contribution < 1.29 is 18.0 Å². The number of rotatable bonds is 4. The van der Waals surface area contributed by atoms with Gasteiger partial charge < -0.3 is 4.42 Å². The number of nitrogens with one attached hydrogen (secondary N) is 1. The topological polar surface area (TPSA) is 55.1 Å². The van der Waals surface area contributed by atoms with Gasteiger partial charge in [-0.2, -0.15) is 0 Å². The maximum absolute atomic E-state index is 13.2. The molecular formula is C19H12F2N2O2S. The smallest absolute Gasteiger partial charge is 0.261 e. The van der Waals surface area contributed by atoms with Gasteiger partial charge in [-0.1, -0.05) is 12.1 Å². The average Bonchev–Trinajstić information content (AvgIpc) is 3.23. The number of thiazole rings is 1. The van der Waals surface area contributed by atoms with Crippen LogP contribution in [0.2, 0.25) is 0 Å². The van der Waals surface area contributed by atoms with E-state index in [0.717, 1.165) is 10.4 Å². The van der Waals surface area contributed by atoms with Crippen molar-refractivity contribution in [3.8, 4) is 0 Å². The number of amides is 1. The number of carbonyl (C=O) groups excluding carboxylic acids is 1. The van der Waals surface area contributed by atoms with Gasteiger partial charge in [0, 0.05) is 28.9 Å². The lowest BCUT2D eigenvalue weighted by molar-refractivity contribution is 0.102. The molecule has 0 radical (unpaired) electrons. The first-order valence-corrected chi connectivity index (χ1v) is 8.57. The Hall–Kier alpha value is -3.06. The Morgan fingerprint density at radius 3 is 2.69 bits per heavy atom. The molecule has 0 aliphatic heterocycles. The standard InChI is InChI=1S/C19H12F2N2O2S/c20-12-3-1-11(2-4-12)7-14-9-22-19(26-14)23-18(24)16-10-25-17-8-13(21)5-6-15(16)17/h1-6,8-10H,7H2,(H,22,23,24). The molecule has 0 unspecified atom stereocenters. The molecule has 4 nitrogen and oxygen atoms in total. The number of benzene rings is 2. The highest BCUT2D eigenvalue weighted by Crippen LogP contribution is 2.25. The fraction of sp³-hybridized carbons (Fsp3) is 0.0526. The van der Waals surface area contributed by atoms with Gasteiger partial charge in [-0.25, -0.2) is 13.8 Å². The first-order chi connectivity index (χ1) is 12.6. The number of carbonyl (C=O) groups is 1. The highest BCUT2D eigenvalue weighted by Gasteiger charge is 2.16. The average molecular weight is 370 g/mol. The predicted molar refractivity (Wildman–Crippen MR) is 95.4 cm³/mol. The summed E-state index contributed by atoms with van der Waals surface area (Å²) in [6.07, 6.45) is 3.57. The maximum Gasteiger partial charge on any atom is 0.261 e. The van der Waals surface area contributed by atoms with Crippen LogP contribution in [0.3, 0.4) is 0 Å². The summed E-state index contributed by atoms with van der Waals surface area (Å²) in [6, 6.07) is 10.3. The summed E-state index contributed by atoms with van der Waals surface area (Å²) in [5.74, 6) is -1.08. The van der Waals surface area contributed by atoms with E-state index in [4.69, 9.17) is 4.42 Å². The molecule has 0 bridgehead atoms. The van der Waals surface area contributed by atoms with Gasteiger partial charge in [-0.05, 0) is 29.8 Å². The Morgan fingerprint density at radius 2 is 1.88 bits per heavy atom.